The molecule has 1 aromatic carbocycles. The van der Waals surface area contributed by atoms with Crippen LogP contribution in [-0.4, -0.2) is 35.0 Å². The molecule has 1 amide bonds. The van der Waals surface area contributed by atoms with Gasteiger partial charge in [0.15, 0.2) is 0 Å². The maximum absolute atomic E-state index is 12.1. The molecule has 4 nitrogen and oxygen atoms in total. The Bertz CT molecular complexity index is 583. The molecular formula is C16H18ClNO3. The van der Waals surface area contributed by atoms with Gasteiger partial charge in [0, 0.05) is 24.2 Å². The Kier molecular flexibility index (Phi) is 5.02. The fourth-order valence-corrected chi connectivity index (χ4v) is 2.55. The lowest BCUT2D eigenvalue weighted by molar-refractivity contribution is -0.144. The largest absolute Gasteiger partial charge is 0.481 e. The molecule has 1 saturated heterocycles. The molecule has 0 spiro atoms. The van der Waals surface area contributed by atoms with Crippen LogP contribution in [0.3, 0.4) is 0 Å². The fourth-order valence-electron chi connectivity index (χ4n) is 2.36. The van der Waals surface area contributed by atoms with Crippen LogP contribution in [0.1, 0.15) is 24.0 Å². The van der Waals surface area contributed by atoms with Crippen molar-refractivity contribution in [2.75, 3.05) is 13.1 Å². The molecule has 1 aromatic rings. The minimum atomic E-state index is -0.832. The van der Waals surface area contributed by atoms with Gasteiger partial charge < -0.3 is 10.0 Å². The molecule has 21 heavy (non-hydrogen) atoms. The third-order valence-electron chi connectivity index (χ3n) is 3.70. The predicted molar refractivity (Wildman–Crippen MR) is 82.2 cm³/mol. The van der Waals surface area contributed by atoms with E-state index in [2.05, 4.69) is 0 Å². The second-order valence-electron chi connectivity index (χ2n) is 5.30. The van der Waals surface area contributed by atoms with Gasteiger partial charge in [0.25, 0.3) is 0 Å². The van der Waals surface area contributed by atoms with E-state index in [4.69, 9.17) is 16.7 Å². The molecule has 1 N–H and O–H groups in total. The summed E-state index contributed by atoms with van der Waals surface area (Å²) in [6, 6.07) is 5.59. The quantitative estimate of drug-likeness (QED) is 0.873. The molecule has 0 radical (unpaired) electrons. The highest BCUT2D eigenvalue weighted by Gasteiger charge is 2.26. The van der Waals surface area contributed by atoms with E-state index in [0.717, 1.165) is 17.5 Å². The van der Waals surface area contributed by atoms with Gasteiger partial charge in [-0.05, 0) is 43.0 Å². The van der Waals surface area contributed by atoms with E-state index in [9.17, 15) is 9.59 Å². The van der Waals surface area contributed by atoms with Crippen LogP contribution in [0.4, 0.5) is 0 Å². The number of aliphatic carboxylic acids is 1. The van der Waals surface area contributed by atoms with Crippen molar-refractivity contribution in [3.63, 3.8) is 0 Å². The molecule has 112 valence electrons. The second kappa shape index (κ2) is 6.76. The van der Waals surface area contributed by atoms with E-state index in [-0.39, 0.29) is 12.5 Å². The van der Waals surface area contributed by atoms with Crippen molar-refractivity contribution in [1.29, 1.82) is 0 Å². The molecular weight excluding hydrogens is 290 g/mol. The van der Waals surface area contributed by atoms with Gasteiger partial charge in [-0.3, -0.25) is 9.59 Å². The lowest BCUT2D eigenvalue weighted by Crippen LogP contribution is -2.41. The third kappa shape index (κ3) is 4.08. The number of carbonyl (C=O) groups excluding carboxylic acids is 1. The number of amides is 1. The number of hydrogen-bond donors (Lipinski definition) is 1. The Labute approximate surface area is 129 Å². The summed E-state index contributed by atoms with van der Waals surface area (Å²) in [6.07, 6.45) is 4.55. The maximum atomic E-state index is 12.1. The van der Waals surface area contributed by atoms with Crippen LogP contribution in [-0.2, 0) is 9.59 Å². The second-order valence-corrected chi connectivity index (χ2v) is 5.71. The van der Waals surface area contributed by atoms with Crippen LogP contribution in [0.2, 0.25) is 5.02 Å². The Hall–Kier alpha value is -1.81. The number of nitrogens with zero attached hydrogens (tertiary/aromatic N) is 1. The zero-order chi connectivity index (χ0) is 15.4. The number of carboxylic acid groups (broad SMARTS) is 1. The summed E-state index contributed by atoms with van der Waals surface area (Å²) in [5.41, 5.74) is 1.84. The van der Waals surface area contributed by atoms with Crippen LogP contribution in [0.5, 0.6) is 0 Å². The number of likely N-dealkylation sites (tertiary alicyclic amines) is 1. The minimum Gasteiger partial charge on any atom is -0.481 e. The smallest absolute Gasteiger partial charge is 0.308 e. The predicted octanol–water partition coefficient (Wildman–Crippen LogP) is 2.98. The normalized spacial score (nSPS) is 19.0. The number of rotatable bonds is 3. The van der Waals surface area contributed by atoms with Crippen LogP contribution >= 0.6 is 11.6 Å². The van der Waals surface area contributed by atoms with Crippen molar-refractivity contribution in [1.82, 2.24) is 4.90 Å². The lowest BCUT2D eigenvalue weighted by atomic mass is 9.98. The highest BCUT2D eigenvalue weighted by atomic mass is 35.5. The van der Waals surface area contributed by atoms with Crippen LogP contribution in [0.15, 0.2) is 24.3 Å². The first-order chi connectivity index (χ1) is 9.97. The van der Waals surface area contributed by atoms with E-state index in [0.29, 0.717) is 18.0 Å². The number of benzene rings is 1. The molecule has 1 heterocycles. The molecule has 1 fully saturated rings. The summed E-state index contributed by atoms with van der Waals surface area (Å²) in [5, 5.41) is 9.69. The molecule has 1 aliphatic rings. The minimum absolute atomic E-state index is 0.155. The zero-order valence-electron chi connectivity index (χ0n) is 11.9. The highest BCUT2D eigenvalue weighted by molar-refractivity contribution is 6.31. The van der Waals surface area contributed by atoms with Gasteiger partial charge in [-0.1, -0.05) is 23.7 Å². The first-order valence-electron chi connectivity index (χ1n) is 6.93. The van der Waals surface area contributed by atoms with E-state index in [1.807, 2.05) is 19.1 Å². The van der Waals surface area contributed by atoms with E-state index in [1.165, 1.54) is 6.08 Å². The molecule has 0 aliphatic carbocycles. The topological polar surface area (TPSA) is 57.6 Å². The van der Waals surface area contributed by atoms with Crippen molar-refractivity contribution in [2.24, 2.45) is 5.92 Å². The van der Waals surface area contributed by atoms with Gasteiger partial charge in [0.2, 0.25) is 5.91 Å². The third-order valence-corrected chi connectivity index (χ3v) is 4.10. The van der Waals surface area contributed by atoms with Gasteiger partial charge in [-0.15, -0.1) is 0 Å². The number of hydrogen-bond acceptors (Lipinski definition) is 2. The van der Waals surface area contributed by atoms with Gasteiger partial charge in [0.05, 0.1) is 5.92 Å². The van der Waals surface area contributed by atoms with Crippen LogP contribution in [0, 0.1) is 12.8 Å². The van der Waals surface area contributed by atoms with Gasteiger partial charge in [-0.2, -0.15) is 0 Å². The first kappa shape index (κ1) is 15.6. The summed E-state index contributed by atoms with van der Waals surface area (Å²) in [7, 11) is 0. The number of carbonyl (C=O) groups is 2. The molecule has 0 saturated carbocycles. The van der Waals surface area contributed by atoms with Crippen molar-refractivity contribution in [3.8, 4) is 0 Å². The lowest BCUT2D eigenvalue weighted by Gasteiger charge is -2.29. The average molecular weight is 308 g/mol. The molecule has 0 unspecified atom stereocenters. The van der Waals surface area contributed by atoms with Gasteiger partial charge in [-0.25, -0.2) is 0 Å². The SMILES string of the molecule is Cc1ccc(/C=C/C(=O)N2CCC[C@@H](C(=O)O)C2)cc1Cl. The summed E-state index contributed by atoms with van der Waals surface area (Å²) < 4.78 is 0. The van der Waals surface area contributed by atoms with Crippen molar-refractivity contribution in [3.05, 3.63) is 40.4 Å². The first-order valence-corrected chi connectivity index (χ1v) is 7.31. The Morgan fingerprint density at radius 2 is 2.19 bits per heavy atom. The average Bonchev–Trinajstić information content (AvgIpc) is 2.48. The Morgan fingerprint density at radius 3 is 2.86 bits per heavy atom. The van der Waals surface area contributed by atoms with Crippen LogP contribution in [0.25, 0.3) is 6.08 Å². The summed E-state index contributed by atoms with van der Waals surface area (Å²) >= 11 is 6.04. The fraction of sp³-hybridized carbons (Fsp3) is 0.375. The van der Waals surface area contributed by atoms with E-state index in [1.54, 1.807) is 17.0 Å². The summed E-state index contributed by atoms with van der Waals surface area (Å²) in [4.78, 5) is 24.7. The number of aryl methyl sites for hydroxylation is 1. The van der Waals surface area contributed by atoms with Crippen molar-refractivity contribution >= 4 is 29.6 Å². The van der Waals surface area contributed by atoms with Gasteiger partial charge >= 0.3 is 5.97 Å². The molecule has 0 aromatic heterocycles. The molecule has 5 heteroatoms. The van der Waals surface area contributed by atoms with E-state index >= 15 is 0 Å². The summed E-state index contributed by atoms with van der Waals surface area (Å²) in [5.74, 6) is -1.44. The van der Waals surface area contributed by atoms with Crippen molar-refractivity contribution in [2.45, 2.75) is 19.8 Å². The van der Waals surface area contributed by atoms with Crippen LogP contribution < -0.4 is 0 Å². The number of carboxylic acids is 1. The van der Waals surface area contributed by atoms with Crippen molar-refractivity contribution < 1.29 is 14.7 Å². The molecule has 1 aliphatic heterocycles. The maximum Gasteiger partial charge on any atom is 0.308 e. The highest BCUT2D eigenvalue weighted by Crippen LogP contribution is 2.19. The van der Waals surface area contributed by atoms with E-state index < -0.39 is 11.9 Å². The number of halogens is 1. The number of piperidine rings is 1. The molecule has 1 atom stereocenters. The Balaban J connectivity index is 2.01. The molecule has 0 bridgehead atoms. The monoisotopic (exact) mass is 307 g/mol. The summed E-state index contributed by atoms with van der Waals surface area (Å²) in [6.45, 7) is 2.82. The standard InChI is InChI=1S/C16H18ClNO3/c1-11-4-5-12(9-14(11)17)6-7-15(19)18-8-2-3-13(10-18)16(20)21/h4-7,9,13H,2-3,8,10H2,1H3,(H,20,21)/b7-6+/t13-/m1/s1. The molecule has 2 rings (SSSR count). The Morgan fingerprint density at radius 1 is 1.43 bits per heavy atom. The zero-order valence-corrected chi connectivity index (χ0v) is 12.6. The van der Waals surface area contributed by atoms with Gasteiger partial charge in [0.1, 0.15) is 0 Å².